The zero-order valence-electron chi connectivity index (χ0n) is 12.4. The van der Waals surface area contributed by atoms with Crippen molar-refractivity contribution in [2.45, 2.75) is 13.0 Å². The second-order valence-electron chi connectivity index (χ2n) is 4.80. The van der Waals surface area contributed by atoms with E-state index >= 15 is 0 Å². The van der Waals surface area contributed by atoms with Crippen LogP contribution >= 0.6 is 15.9 Å². The van der Waals surface area contributed by atoms with Crippen LogP contribution in [0.1, 0.15) is 11.1 Å². The molecule has 0 atom stereocenters. The zero-order valence-corrected chi connectivity index (χ0v) is 14.0. The molecule has 21 heavy (non-hydrogen) atoms. The molecule has 2 aromatic carbocycles. The molecule has 0 aromatic heterocycles. The second kappa shape index (κ2) is 8.05. The summed E-state index contributed by atoms with van der Waals surface area (Å²) in [6.07, 6.45) is 0.986. The third-order valence-electron chi connectivity index (χ3n) is 3.42. The van der Waals surface area contributed by atoms with Gasteiger partial charge in [0.2, 0.25) is 0 Å². The molecule has 0 bridgehead atoms. The van der Waals surface area contributed by atoms with Crippen molar-refractivity contribution in [2.75, 3.05) is 20.8 Å². The van der Waals surface area contributed by atoms with Crippen LogP contribution in [0.2, 0.25) is 0 Å². The van der Waals surface area contributed by atoms with Crippen molar-refractivity contribution in [1.82, 2.24) is 0 Å². The van der Waals surface area contributed by atoms with E-state index in [4.69, 9.17) is 9.47 Å². The quantitative estimate of drug-likeness (QED) is 0.779. The maximum absolute atomic E-state index is 5.39. The van der Waals surface area contributed by atoms with Crippen LogP contribution in [0.3, 0.4) is 0 Å². The highest BCUT2D eigenvalue weighted by molar-refractivity contribution is 9.10. The van der Waals surface area contributed by atoms with E-state index in [9.17, 15) is 0 Å². The molecule has 0 radical (unpaired) electrons. The standard InChI is InChI=1S/C17H20BrNO2/c1-20-16-6-4-3-5-13(16)9-10-19-12-14-11-15(18)7-8-17(14)21-2/h3-8,11,19H,9-10,12H2,1-2H3/p+1. The van der Waals surface area contributed by atoms with E-state index in [0.29, 0.717) is 0 Å². The molecule has 3 nitrogen and oxygen atoms in total. The summed E-state index contributed by atoms with van der Waals surface area (Å²) in [5.74, 6) is 1.90. The predicted molar refractivity (Wildman–Crippen MR) is 87.9 cm³/mol. The molecule has 0 heterocycles. The van der Waals surface area contributed by atoms with Gasteiger partial charge < -0.3 is 14.8 Å². The van der Waals surface area contributed by atoms with Crippen molar-refractivity contribution < 1.29 is 14.8 Å². The van der Waals surface area contributed by atoms with E-state index in [1.807, 2.05) is 24.3 Å². The van der Waals surface area contributed by atoms with Crippen molar-refractivity contribution in [3.63, 3.8) is 0 Å². The fraction of sp³-hybridized carbons (Fsp3) is 0.294. The number of rotatable bonds is 7. The van der Waals surface area contributed by atoms with Gasteiger partial charge in [0, 0.05) is 16.5 Å². The Morgan fingerprint density at radius 2 is 1.67 bits per heavy atom. The molecule has 0 amide bonds. The molecule has 2 rings (SSSR count). The van der Waals surface area contributed by atoms with E-state index in [0.717, 1.165) is 35.5 Å². The smallest absolute Gasteiger partial charge is 0.127 e. The third-order valence-corrected chi connectivity index (χ3v) is 3.91. The Kier molecular flexibility index (Phi) is 6.08. The Morgan fingerprint density at radius 3 is 2.43 bits per heavy atom. The van der Waals surface area contributed by atoms with Crippen LogP contribution in [0.4, 0.5) is 0 Å². The van der Waals surface area contributed by atoms with Gasteiger partial charge in [0.05, 0.1) is 20.8 Å². The van der Waals surface area contributed by atoms with Gasteiger partial charge in [0.15, 0.2) is 0 Å². The molecule has 0 aliphatic rings. The zero-order chi connectivity index (χ0) is 15.1. The number of methoxy groups -OCH3 is 2. The Bertz CT molecular complexity index is 587. The number of halogens is 1. The lowest BCUT2D eigenvalue weighted by Gasteiger charge is -2.09. The van der Waals surface area contributed by atoms with Gasteiger partial charge in [-0.2, -0.15) is 0 Å². The van der Waals surface area contributed by atoms with Gasteiger partial charge >= 0.3 is 0 Å². The fourth-order valence-corrected chi connectivity index (χ4v) is 2.74. The Hall–Kier alpha value is -1.52. The average molecular weight is 351 g/mol. The molecule has 0 saturated carbocycles. The molecule has 4 heteroatoms. The van der Waals surface area contributed by atoms with Gasteiger partial charge in [-0.15, -0.1) is 0 Å². The number of ether oxygens (including phenoxy) is 2. The molecule has 2 aromatic rings. The van der Waals surface area contributed by atoms with E-state index < -0.39 is 0 Å². The minimum atomic E-state index is 0.901. The first kappa shape index (κ1) is 15.9. The SMILES string of the molecule is COc1ccccc1CC[NH2+]Cc1cc(Br)ccc1OC. The molecule has 2 N–H and O–H groups in total. The Balaban J connectivity index is 1.89. The molecule has 112 valence electrons. The number of quaternary nitrogens is 1. The summed E-state index contributed by atoms with van der Waals surface area (Å²) in [6, 6.07) is 14.3. The summed E-state index contributed by atoms with van der Waals surface area (Å²) in [7, 11) is 3.43. The van der Waals surface area contributed by atoms with E-state index in [1.54, 1.807) is 14.2 Å². The first-order valence-corrected chi connectivity index (χ1v) is 7.80. The molecule has 0 spiro atoms. The third kappa shape index (κ3) is 4.48. The average Bonchev–Trinajstić information content (AvgIpc) is 2.52. The highest BCUT2D eigenvalue weighted by Gasteiger charge is 2.06. The summed E-state index contributed by atoms with van der Waals surface area (Å²) in [5, 5.41) is 2.29. The lowest BCUT2D eigenvalue weighted by atomic mass is 10.1. The van der Waals surface area contributed by atoms with Gasteiger partial charge in [0.1, 0.15) is 18.0 Å². The van der Waals surface area contributed by atoms with Crippen LogP contribution < -0.4 is 14.8 Å². The number of hydrogen-bond donors (Lipinski definition) is 1. The number of para-hydroxylation sites is 1. The number of hydrogen-bond acceptors (Lipinski definition) is 2. The molecule has 0 saturated heterocycles. The van der Waals surface area contributed by atoms with E-state index in [1.165, 1.54) is 11.1 Å². The monoisotopic (exact) mass is 350 g/mol. The lowest BCUT2D eigenvalue weighted by molar-refractivity contribution is -0.670. The Morgan fingerprint density at radius 1 is 0.952 bits per heavy atom. The summed E-state index contributed by atoms with van der Waals surface area (Å²) in [5.41, 5.74) is 2.45. The molecular weight excluding hydrogens is 330 g/mol. The van der Waals surface area contributed by atoms with Crippen molar-refractivity contribution in [3.8, 4) is 11.5 Å². The Labute approximate surface area is 134 Å². The van der Waals surface area contributed by atoms with Crippen molar-refractivity contribution in [2.24, 2.45) is 0 Å². The lowest BCUT2D eigenvalue weighted by Crippen LogP contribution is -2.83. The highest BCUT2D eigenvalue weighted by Crippen LogP contribution is 2.22. The highest BCUT2D eigenvalue weighted by atomic mass is 79.9. The van der Waals surface area contributed by atoms with Crippen molar-refractivity contribution >= 4 is 15.9 Å². The fourth-order valence-electron chi connectivity index (χ4n) is 2.33. The van der Waals surface area contributed by atoms with Gasteiger partial charge in [0.25, 0.3) is 0 Å². The molecule has 0 fully saturated rings. The minimum absolute atomic E-state index is 0.901. The van der Waals surface area contributed by atoms with Gasteiger partial charge in [-0.1, -0.05) is 34.1 Å². The number of nitrogens with two attached hydrogens (primary N) is 1. The first-order chi connectivity index (χ1) is 10.2. The largest absolute Gasteiger partial charge is 0.496 e. The van der Waals surface area contributed by atoms with Crippen LogP contribution in [-0.4, -0.2) is 20.8 Å². The van der Waals surface area contributed by atoms with E-state index in [2.05, 4.69) is 39.4 Å². The second-order valence-corrected chi connectivity index (χ2v) is 5.72. The topological polar surface area (TPSA) is 35.1 Å². The van der Waals surface area contributed by atoms with Gasteiger partial charge in [-0.25, -0.2) is 0 Å². The predicted octanol–water partition coefficient (Wildman–Crippen LogP) is 2.77. The summed E-state index contributed by atoms with van der Waals surface area (Å²) in [4.78, 5) is 0. The molecule has 0 unspecified atom stereocenters. The first-order valence-electron chi connectivity index (χ1n) is 7.00. The van der Waals surface area contributed by atoms with Crippen molar-refractivity contribution in [3.05, 3.63) is 58.1 Å². The minimum Gasteiger partial charge on any atom is -0.496 e. The van der Waals surface area contributed by atoms with Crippen LogP contribution in [0.25, 0.3) is 0 Å². The van der Waals surface area contributed by atoms with Gasteiger partial charge in [-0.3, -0.25) is 0 Å². The summed E-state index contributed by atoms with van der Waals surface area (Å²) < 4.78 is 11.8. The van der Waals surface area contributed by atoms with Crippen LogP contribution in [0.5, 0.6) is 11.5 Å². The molecular formula is C17H21BrNO2+. The maximum Gasteiger partial charge on any atom is 0.127 e. The van der Waals surface area contributed by atoms with Crippen LogP contribution in [0.15, 0.2) is 46.9 Å². The summed E-state index contributed by atoms with van der Waals surface area (Å²) >= 11 is 3.50. The normalized spacial score (nSPS) is 10.4. The van der Waals surface area contributed by atoms with Gasteiger partial charge in [-0.05, 0) is 29.8 Å². The molecule has 0 aliphatic heterocycles. The van der Waals surface area contributed by atoms with Crippen molar-refractivity contribution in [1.29, 1.82) is 0 Å². The maximum atomic E-state index is 5.39. The van der Waals surface area contributed by atoms with E-state index in [-0.39, 0.29) is 0 Å². The van der Waals surface area contributed by atoms with Crippen LogP contribution in [0, 0.1) is 0 Å². The molecule has 0 aliphatic carbocycles. The van der Waals surface area contributed by atoms with Crippen LogP contribution in [-0.2, 0) is 13.0 Å². The number of benzene rings is 2. The summed E-state index contributed by atoms with van der Waals surface area (Å²) in [6.45, 7) is 1.91.